The van der Waals surface area contributed by atoms with Crippen LogP contribution in [0.4, 0.5) is 23.3 Å². The average Bonchev–Trinajstić information content (AvgIpc) is 3.53. The number of nitrogens with one attached hydrogen (secondary N) is 3. The van der Waals surface area contributed by atoms with E-state index in [9.17, 15) is 10.0 Å². The molecule has 1 fully saturated rings. The predicted molar refractivity (Wildman–Crippen MR) is 124 cm³/mol. The molecule has 0 saturated carbocycles. The first-order valence-electron chi connectivity index (χ1n) is 11.5. The number of carbonyl (C=O) groups is 1. The smallest absolute Gasteiger partial charge is 0.247 e. The summed E-state index contributed by atoms with van der Waals surface area (Å²) in [5.41, 5.74) is 3.68. The van der Waals surface area contributed by atoms with Gasteiger partial charge in [-0.15, -0.1) is 0 Å². The van der Waals surface area contributed by atoms with Crippen molar-refractivity contribution in [3.63, 3.8) is 0 Å². The first-order chi connectivity index (χ1) is 16.0. The zero-order valence-electron chi connectivity index (χ0n) is 18.8. The third-order valence-electron chi connectivity index (χ3n) is 6.24. The summed E-state index contributed by atoms with van der Waals surface area (Å²) in [6.07, 6.45) is 7.16. The van der Waals surface area contributed by atoms with Gasteiger partial charge in [0.25, 0.3) is 0 Å². The second kappa shape index (κ2) is 8.68. The highest BCUT2D eigenvalue weighted by Gasteiger charge is 2.34. The van der Waals surface area contributed by atoms with Crippen molar-refractivity contribution in [1.29, 1.82) is 0 Å². The Labute approximate surface area is 192 Å². The summed E-state index contributed by atoms with van der Waals surface area (Å²) in [4.78, 5) is 24.7. The lowest BCUT2D eigenvalue weighted by molar-refractivity contribution is -0.604. The molecule has 10 nitrogen and oxygen atoms in total. The number of pyridine rings is 1. The molecule has 172 valence electrons. The van der Waals surface area contributed by atoms with Crippen LogP contribution < -0.4 is 20.3 Å². The topological polar surface area (TPSA) is 126 Å². The van der Waals surface area contributed by atoms with Crippen molar-refractivity contribution < 1.29 is 9.52 Å². The molecule has 1 atom stereocenters. The molecule has 0 aromatic carbocycles. The Balaban J connectivity index is 1.40. The largest absolute Gasteiger partial charge is 0.619 e. The SMILES string of the molecule is CC(C)c1cc(Nc2nc(N3CCC[C@H]3C(=O)Nc3ccc[n+]([O-])c3)nc3c2CCC3)n[nH]1. The maximum absolute atomic E-state index is 13.0. The first kappa shape index (κ1) is 21.2. The maximum Gasteiger partial charge on any atom is 0.247 e. The summed E-state index contributed by atoms with van der Waals surface area (Å²) in [5.74, 6) is 2.23. The van der Waals surface area contributed by atoms with E-state index >= 15 is 0 Å². The lowest BCUT2D eigenvalue weighted by Crippen LogP contribution is -2.41. The normalized spacial score (nSPS) is 17.4. The number of hydrogen-bond acceptors (Lipinski definition) is 7. The van der Waals surface area contributed by atoms with E-state index in [-0.39, 0.29) is 5.91 Å². The molecule has 2 aliphatic rings. The van der Waals surface area contributed by atoms with Crippen molar-refractivity contribution in [2.75, 3.05) is 22.1 Å². The standard InChI is InChI=1S/C23H28N8O2/c1-14(2)18-12-20(29-28-18)26-21-16-7-3-8-17(16)25-23(27-21)31-11-5-9-19(31)22(32)24-15-6-4-10-30(33)13-15/h4,6,10,12-14,19H,3,5,7-9,11H2,1-2H3,(H,24,32)(H2,25,26,27,28,29)/t19-/m0/s1. The molecule has 3 aromatic rings. The van der Waals surface area contributed by atoms with Crippen LogP contribution in [0.25, 0.3) is 0 Å². The van der Waals surface area contributed by atoms with Crippen LogP contribution in [0.3, 0.4) is 0 Å². The Morgan fingerprint density at radius 1 is 1.30 bits per heavy atom. The molecule has 1 aliphatic carbocycles. The fourth-order valence-corrected chi connectivity index (χ4v) is 4.50. The maximum atomic E-state index is 13.0. The molecule has 0 unspecified atom stereocenters. The number of nitrogens with zero attached hydrogens (tertiary/aromatic N) is 5. The van der Waals surface area contributed by atoms with Crippen LogP contribution in [-0.2, 0) is 17.6 Å². The lowest BCUT2D eigenvalue weighted by Gasteiger charge is -2.25. The number of carbonyl (C=O) groups excluding carboxylic acids is 1. The number of anilines is 4. The van der Waals surface area contributed by atoms with Gasteiger partial charge in [-0.1, -0.05) is 13.8 Å². The van der Waals surface area contributed by atoms with Crippen molar-refractivity contribution in [3.8, 4) is 0 Å². The minimum atomic E-state index is -0.393. The summed E-state index contributed by atoms with van der Waals surface area (Å²) >= 11 is 0. The van der Waals surface area contributed by atoms with Gasteiger partial charge in [-0.2, -0.15) is 14.8 Å². The summed E-state index contributed by atoms with van der Waals surface area (Å²) in [6, 6.07) is 4.92. The quantitative estimate of drug-likeness (QED) is 0.391. The summed E-state index contributed by atoms with van der Waals surface area (Å²) in [6.45, 7) is 4.93. The van der Waals surface area contributed by atoms with Gasteiger partial charge in [0, 0.05) is 29.9 Å². The van der Waals surface area contributed by atoms with Crippen molar-refractivity contribution in [2.45, 2.75) is 57.9 Å². The minimum Gasteiger partial charge on any atom is -0.619 e. The molecule has 0 spiro atoms. The van der Waals surface area contributed by atoms with Crippen molar-refractivity contribution in [1.82, 2.24) is 20.2 Å². The van der Waals surface area contributed by atoms with E-state index in [1.807, 2.05) is 11.0 Å². The van der Waals surface area contributed by atoms with Gasteiger partial charge in [0.2, 0.25) is 18.1 Å². The highest BCUT2D eigenvalue weighted by molar-refractivity contribution is 5.96. The number of fused-ring (bicyclic) bond motifs is 1. The third kappa shape index (κ3) is 4.33. The molecule has 1 amide bonds. The summed E-state index contributed by atoms with van der Waals surface area (Å²) in [5, 5.41) is 25.2. The Hall–Kier alpha value is -3.69. The average molecular weight is 449 g/mol. The number of amides is 1. The lowest BCUT2D eigenvalue weighted by atomic mass is 10.1. The molecule has 10 heteroatoms. The van der Waals surface area contributed by atoms with Gasteiger partial charge in [-0.05, 0) is 44.1 Å². The Morgan fingerprint density at radius 2 is 2.18 bits per heavy atom. The van der Waals surface area contributed by atoms with Crippen LogP contribution in [-0.4, -0.2) is 38.7 Å². The number of aromatic nitrogens is 5. The number of aryl methyl sites for hydroxylation is 1. The molecule has 4 heterocycles. The molecule has 3 aromatic heterocycles. The fourth-order valence-electron chi connectivity index (χ4n) is 4.50. The van der Waals surface area contributed by atoms with E-state index < -0.39 is 6.04 Å². The fraction of sp³-hybridized carbons (Fsp3) is 0.435. The van der Waals surface area contributed by atoms with Crippen LogP contribution >= 0.6 is 0 Å². The third-order valence-corrected chi connectivity index (χ3v) is 6.24. The van der Waals surface area contributed by atoms with Gasteiger partial charge in [0.1, 0.15) is 17.5 Å². The van der Waals surface area contributed by atoms with Gasteiger partial charge < -0.3 is 20.7 Å². The van der Waals surface area contributed by atoms with Crippen molar-refractivity contribution in [3.05, 3.63) is 52.8 Å². The minimum absolute atomic E-state index is 0.161. The highest BCUT2D eigenvalue weighted by atomic mass is 16.5. The molecule has 5 rings (SSSR count). The van der Waals surface area contributed by atoms with Gasteiger partial charge >= 0.3 is 0 Å². The van der Waals surface area contributed by atoms with E-state index in [1.54, 1.807) is 12.1 Å². The van der Waals surface area contributed by atoms with E-state index in [4.69, 9.17) is 9.97 Å². The summed E-state index contributed by atoms with van der Waals surface area (Å²) < 4.78 is 0.670. The van der Waals surface area contributed by atoms with Crippen LogP contribution in [0.1, 0.15) is 56.0 Å². The zero-order chi connectivity index (χ0) is 22.9. The number of aromatic amines is 1. The van der Waals surface area contributed by atoms with Gasteiger partial charge in [0.05, 0.1) is 5.69 Å². The molecular weight excluding hydrogens is 420 g/mol. The second-order valence-corrected chi connectivity index (χ2v) is 8.93. The zero-order valence-corrected chi connectivity index (χ0v) is 18.8. The Bertz CT molecular complexity index is 1180. The van der Waals surface area contributed by atoms with Gasteiger partial charge in [0.15, 0.2) is 12.0 Å². The van der Waals surface area contributed by atoms with Crippen molar-refractivity contribution in [2.24, 2.45) is 0 Å². The van der Waals surface area contributed by atoms with Crippen molar-refractivity contribution >= 4 is 29.2 Å². The molecule has 33 heavy (non-hydrogen) atoms. The van der Waals surface area contributed by atoms with E-state index in [2.05, 4.69) is 34.7 Å². The number of H-pyrrole nitrogens is 1. The monoisotopic (exact) mass is 448 g/mol. The molecule has 0 bridgehead atoms. The van der Waals surface area contributed by atoms with Crippen LogP contribution in [0.2, 0.25) is 0 Å². The second-order valence-electron chi connectivity index (χ2n) is 8.93. The summed E-state index contributed by atoms with van der Waals surface area (Å²) in [7, 11) is 0. The van der Waals surface area contributed by atoms with Gasteiger partial charge in [-0.25, -0.2) is 4.98 Å². The van der Waals surface area contributed by atoms with E-state index in [1.165, 1.54) is 12.4 Å². The highest BCUT2D eigenvalue weighted by Crippen LogP contribution is 2.33. The van der Waals surface area contributed by atoms with E-state index in [0.29, 0.717) is 35.2 Å². The molecule has 0 radical (unpaired) electrons. The Kier molecular flexibility index (Phi) is 5.57. The van der Waals surface area contributed by atoms with Crippen LogP contribution in [0.5, 0.6) is 0 Å². The van der Waals surface area contributed by atoms with Gasteiger partial charge in [-0.3, -0.25) is 9.89 Å². The van der Waals surface area contributed by atoms with Crippen LogP contribution in [0.15, 0.2) is 30.6 Å². The first-order valence-corrected chi connectivity index (χ1v) is 11.5. The Morgan fingerprint density at radius 3 is 2.97 bits per heavy atom. The number of rotatable bonds is 6. The van der Waals surface area contributed by atoms with E-state index in [0.717, 1.165) is 54.3 Å². The number of hydrogen-bond donors (Lipinski definition) is 3. The molecule has 3 N–H and O–H groups in total. The predicted octanol–water partition coefficient (Wildman–Crippen LogP) is 2.80. The molecule has 1 aliphatic heterocycles. The molecular formula is C23H28N8O2. The molecule has 1 saturated heterocycles. The van der Waals surface area contributed by atoms with Crippen LogP contribution in [0, 0.1) is 5.21 Å².